The lowest BCUT2D eigenvalue weighted by molar-refractivity contribution is 0.289. The third-order valence-corrected chi connectivity index (χ3v) is 2.13. The Morgan fingerprint density at radius 3 is 2.81 bits per heavy atom. The van der Waals surface area contributed by atoms with E-state index < -0.39 is 0 Å². The van der Waals surface area contributed by atoms with Crippen LogP contribution in [0.25, 0.3) is 0 Å². The first kappa shape index (κ1) is 10.8. The molecule has 0 saturated carbocycles. The van der Waals surface area contributed by atoms with Crippen molar-refractivity contribution in [2.24, 2.45) is 0 Å². The number of rotatable bonds is 3. The van der Waals surface area contributed by atoms with Gasteiger partial charge in [0.15, 0.2) is 5.15 Å². The second kappa shape index (κ2) is 4.90. The number of hydrogen-bond donors (Lipinski definition) is 0. The normalized spacial score (nSPS) is 10.1. The molecule has 16 heavy (non-hydrogen) atoms. The zero-order valence-corrected chi connectivity index (χ0v) is 9.48. The summed E-state index contributed by atoms with van der Waals surface area (Å²) in [6, 6.07) is 5.33. The van der Waals surface area contributed by atoms with Crippen molar-refractivity contribution in [3.8, 4) is 5.88 Å². The molecule has 0 N–H and O–H groups in total. The highest BCUT2D eigenvalue weighted by molar-refractivity contribution is 6.29. The second-order valence-electron chi connectivity index (χ2n) is 3.35. The van der Waals surface area contributed by atoms with Crippen molar-refractivity contribution in [2.45, 2.75) is 13.5 Å². The van der Waals surface area contributed by atoms with E-state index in [4.69, 9.17) is 16.3 Å². The van der Waals surface area contributed by atoms with Crippen LogP contribution in [0, 0.1) is 6.92 Å². The molecule has 0 atom stereocenters. The highest BCUT2D eigenvalue weighted by Crippen LogP contribution is 2.10. The molecular formula is C11H10ClN3O. The van der Waals surface area contributed by atoms with E-state index in [1.807, 2.05) is 13.0 Å². The molecule has 2 heterocycles. The van der Waals surface area contributed by atoms with Gasteiger partial charge in [-0.3, -0.25) is 4.98 Å². The molecule has 0 aliphatic heterocycles. The maximum atomic E-state index is 5.61. The topological polar surface area (TPSA) is 47.9 Å². The Labute approximate surface area is 98.3 Å². The third-order valence-electron chi connectivity index (χ3n) is 1.93. The Morgan fingerprint density at radius 2 is 2.12 bits per heavy atom. The first-order chi connectivity index (χ1) is 7.74. The van der Waals surface area contributed by atoms with Crippen molar-refractivity contribution >= 4 is 11.6 Å². The minimum Gasteiger partial charge on any atom is -0.472 e. The molecule has 2 aromatic rings. The number of hydrogen-bond acceptors (Lipinski definition) is 4. The molecule has 0 unspecified atom stereocenters. The van der Waals surface area contributed by atoms with Gasteiger partial charge in [0, 0.05) is 24.0 Å². The summed E-state index contributed by atoms with van der Waals surface area (Å²) < 4.78 is 5.43. The molecule has 0 radical (unpaired) electrons. The van der Waals surface area contributed by atoms with Crippen LogP contribution in [0.2, 0.25) is 5.15 Å². The van der Waals surface area contributed by atoms with Gasteiger partial charge in [0.05, 0.1) is 0 Å². The predicted molar refractivity (Wildman–Crippen MR) is 60.3 cm³/mol. The van der Waals surface area contributed by atoms with Crippen LogP contribution in [0.3, 0.4) is 0 Å². The van der Waals surface area contributed by atoms with Gasteiger partial charge in [0.2, 0.25) is 5.88 Å². The van der Waals surface area contributed by atoms with Gasteiger partial charge in [-0.1, -0.05) is 11.6 Å². The first-order valence-electron chi connectivity index (χ1n) is 4.76. The fourth-order valence-electron chi connectivity index (χ4n) is 1.23. The van der Waals surface area contributed by atoms with Crippen molar-refractivity contribution in [1.29, 1.82) is 0 Å². The smallest absolute Gasteiger partial charge is 0.233 e. The molecule has 0 fully saturated rings. The average molecular weight is 236 g/mol. The third kappa shape index (κ3) is 2.90. The SMILES string of the molecule is Cc1cncc(COc2ccc(Cl)nn2)c1. The molecule has 2 rings (SSSR count). The molecule has 0 bridgehead atoms. The molecule has 0 spiro atoms. The van der Waals surface area contributed by atoms with E-state index >= 15 is 0 Å². The quantitative estimate of drug-likeness (QED) is 0.820. The number of aromatic nitrogens is 3. The summed E-state index contributed by atoms with van der Waals surface area (Å²) in [6.07, 6.45) is 3.56. The molecule has 0 aliphatic rings. The fourth-order valence-corrected chi connectivity index (χ4v) is 1.34. The summed E-state index contributed by atoms with van der Waals surface area (Å²) in [5.41, 5.74) is 2.10. The number of halogens is 1. The summed E-state index contributed by atoms with van der Waals surface area (Å²) in [5.74, 6) is 0.450. The lowest BCUT2D eigenvalue weighted by atomic mass is 10.2. The van der Waals surface area contributed by atoms with Crippen LogP contribution >= 0.6 is 11.6 Å². The number of nitrogens with zero attached hydrogens (tertiary/aromatic N) is 3. The van der Waals surface area contributed by atoms with Crippen molar-refractivity contribution in [2.75, 3.05) is 0 Å². The van der Waals surface area contributed by atoms with Gasteiger partial charge < -0.3 is 4.74 Å². The summed E-state index contributed by atoms with van der Waals surface area (Å²) in [6.45, 7) is 2.41. The molecule has 2 aromatic heterocycles. The van der Waals surface area contributed by atoms with Gasteiger partial charge in [-0.25, -0.2) is 0 Å². The van der Waals surface area contributed by atoms with Crippen LogP contribution in [-0.2, 0) is 6.61 Å². The fraction of sp³-hybridized carbons (Fsp3) is 0.182. The molecule has 82 valence electrons. The summed E-state index contributed by atoms with van der Waals surface area (Å²) in [5, 5.41) is 7.83. The zero-order valence-electron chi connectivity index (χ0n) is 8.72. The molecule has 0 aromatic carbocycles. The summed E-state index contributed by atoms with van der Waals surface area (Å²) >= 11 is 5.61. The van der Waals surface area contributed by atoms with E-state index in [0.717, 1.165) is 11.1 Å². The summed E-state index contributed by atoms with van der Waals surface area (Å²) in [4.78, 5) is 4.07. The lowest BCUT2D eigenvalue weighted by Crippen LogP contribution is -1.99. The Morgan fingerprint density at radius 1 is 1.25 bits per heavy atom. The zero-order chi connectivity index (χ0) is 11.4. The predicted octanol–water partition coefficient (Wildman–Crippen LogP) is 2.41. The van der Waals surface area contributed by atoms with E-state index in [1.54, 1.807) is 24.5 Å². The molecular weight excluding hydrogens is 226 g/mol. The van der Waals surface area contributed by atoms with Gasteiger partial charge in [-0.2, -0.15) is 0 Å². The lowest BCUT2D eigenvalue weighted by Gasteiger charge is -2.04. The highest BCUT2D eigenvalue weighted by Gasteiger charge is 1.98. The van der Waals surface area contributed by atoms with E-state index in [9.17, 15) is 0 Å². The summed E-state index contributed by atoms with van der Waals surface area (Å²) in [7, 11) is 0. The Hall–Kier alpha value is -1.68. The van der Waals surface area contributed by atoms with Crippen LogP contribution in [0.4, 0.5) is 0 Å². The van der Waals surface area contributed by atoms with Crippen LogP contribution in [0.5, 0.6) is 5.88 Å². The molecule has 4 nitrogen and oxygen atoms in total. The average Bonchev–Trinajstić information content (AvgIpc) is 2.28. The van der Waals surface area contributed by atoms with E-state index in [1.165, 1.54) is 0 Å². The maximum Gasteiger partial charge on any atom is 0.233 e. The second-order valence-corrected chi connectivity index (χ2v) is 3.74. The standard InChI is InChI=1S/C11H10ClN3O/c1-8-4-9(6-13-5-8)7-16-11-3-2-10(12)14-15-11/h2-6H,7H2,1H3. The number of aryl methyl sites for hydroxylation is 1. The van der Waals surface area contributed by atoms with Gasteiger partial charge >= 0.3 is 0 Å². The molecule has 0 saturated heterocycles. The van der Waals surface area contributed by atoms with Crippen molar-refractivity contribution in [3.05, 3.63) is 46.9 Å². The molecule has 5 heteroatoms. The van der Waals surface area contributed by atoms with Crippen molar-refractivity contribution in [1.82, 2.24) is 15.2 Å². The van der Waals surface area contributed by atoms with Crippen molar-refractivity contribution < 1.29 is 4.74 Å². The van der Waals surface area contributed by atoms with Gasteiger partial charge in [0.1, 0.15) is 6.61 Å². The van der Waals surface area contributed by atoms with Crippen molar-refractivity contribution in [3.63, 3.8) is 0 Å². The monoisotopic (exact) mass is 235 g/mol. The van der Waals surface area contributed by atoms with E-state index in [2.05, 4.69) is 15.2 Å². The number of ether oxygens (including phenoxy) is 1. The van der Waals surface area contributed by atoms with Crippen LogP contribution in [0.1, 0.15) is 11.1 Å². The van der Waals surface area contributed by atoms with Gasteiger partial charge in [-0.05, 0) is 24.6 Å². The Bertz CT molecular complexity index is 473. The van der Waals surface area contributed by atoms with E-state index in [0.29, 0.717) is 17.6 Å². The van der Waals surface area contributed by atoms with Crippen LogP contribution in [-0.4, -0.2) is 15.2 Å². The van der Waals surface area contributed by atoms with Crippen LogP contribution < -0.4 is 4.74 Å². The Kier molecular flexibility index (Phi) is 3.31. The maximum absolute atomic E-state index is 5.61. The Balaban J connectivity index is 1.99. The highest BCUT2D eigenvalue weighted by atomic mass is 35.5. The minimum absolute atomic E-state index is 0.351. The van der Waals surface area contributed by atoms with Gasteiger partial charge in [-0.15, -0.1) is 10.2 Å². The largest absolute Gasteiger partial charge is 0.472 e. The molecule has 0 amide bonds. The number of pyridine rings is 1. The van der Waals surface area contributed by atoms with E-state index in [-0.39, 0.29) is 0 Å². The minimum atomic E-state index is 0.351. The van der Waals surface area contributed by atoms with Crippen LogP contribution in [0.15, 0.2) is 30.6 Å². The van der Waals surface area contributed by atoms with Gasteiger partial charge in [0.25, 0.3) is 0 Å². The first-order valence-corrected chi connectivity index (χ1v) is 5.14. The molecule has 0 aliphatic carbocycles.